The van der Waals surface area contributed by atoms with Gasteiger partial charge >= 0.3 is 0 Å². The Labute approximate surface area is 117 Å². The number of carbonyl (C=O) groups is 2. The topological polar surface area (TPSA) is 83.4 Å². The number of hydrogen-bond donors (Lipinski definition) is 1. The molecule has 1 aliphatic rings. The van der Waals surface area contributed by atoms with Crippen LogP contribution in [-0.4, -0.2) is 76.2 Å². The Morgan fingerprint density at radius 1 is 1.45 bits per heavy atom. The van der Waals surface area contributed by atoms with Crippen LogP contribution in [0.15, 0.2) is 12.7 Å². The molecule has 1 aliphatic heterocycles. The highest BCUT2D eigenvalue weighted by atomic mass is 16.2. The van der Waals surface area contributed by atoms with Crippen molar-refractivity contribution in [3.05, 3.63) is 12.7 Å². The second kappa shape index (κ2) is 6.00. The van der Waals surface area contributed by atoms with Gasteiger partial charge in [-0.05, 0) is 6.92 Å². The summed E-state index contributed by atoms with van der Waals surface area (Å²) in [5, 5.41) is 7.14. The van der Waals surface area contributed by atoms with Crippen LogP contribution in [0.4, 0.5) is 0 Å². The first-order valence-corrected chi connectivity index (χ1v) is 6.59. The number of carbonyl (C=O) groups excluding carboxylic acids is 2. The van der Waals surface area contributed by atoms with E-state index in [9.17, 15) is 9.59 Å². The minimum atomic E-state index is -0.465. The molecule has 0 saturated carbocycles. The molecular formula is C12H20N6O2. The van der Waals surface area contributed by atoms with Crippen LogP contribution >= 0.6 is 0 Å². The zero-order valence-corrected chi connectivity index (χ0v) is 12.0. The zero-order chi connectivity index (χ0) is 14.7. The number of likely N-dealkylation sites (N-methyl/N-ethyl adjacent to an activating group) is 1. The van der Waals surface area contributed by atoms with Gasteiger partial charge in [0, 0.05) is 33.7 Å². The lowest BCUT2D eigenvalue weighted by molar-refractivity contribution is -0.147. The third-order valence-electron chi connectivity index (χ3n) is 3.44. The molecule has 1 saturated heterocycles. The maximum atomic E-state index is 12.6. The first kappa shape index (κ1) is 14.4. The number of amides is 2. The summed E-state index contributed by atoms with van der Waals surface area (Å²) in [5.74, 6) is -0.187. The van der Waals surface area contributed by atoms with Gasteiger partial charge in [-0.1, -0.05) is 0 Å². The first-order chi connectivity index (χ1) is 9.52. The summed E-state index contributed by atoms with van der Waals surface area (Å²) in [4.78, 5) is 31.7. The summed E-state index contributed by atoms with van der Waals surface area (Å²) < 4.78 is 1.50. The molecule has 0 aromatic carbocycles. The minimum Gasteiger partial charge on any atom is -0.347 e. The highest BCUT2D eigenvalue weighted by Crippen LogP contribution is 2.14. The highest BCUT2D eigenvalue weighted by molar-refractivity contribution is 5.89. The average molecular weight is 280 g/mol. The average Bonchev–Trinajstić information content (AvgIpc) is 2.99. The first-order valence-electron chi connectivity index (χ1n) is 6.59. The normalized spacial score (nSPS) is 20.6. The third kappa shape index (κ3) is 2.79. The van der Waals surface area contributed by atoms with Gasteiger partial charge in [0.1, 0.15) is 24.7 Å². The van der Waals surface area contributed by atoms with Crippen LogP contribution in [0.1, 0.15) is 13.0 Å². The molecule has 1 N–H and O–H groups in total. The molecule has 2 rings (SSSR count). The molecule has 1 aromatic heterocycles. The summed E-state index contributed by atoms with van der Waals surface area (Å²) >= 11 is 0. The number of rotatable bonds is 3. The van der Waals surface area contributed by atoms with Crippen molar-refractivity contribution in [2.75, 3.05) is 33.7 Å². The molecule has 2 amide bonds. The molecule has 2 atom stereocenters. The minimum absolute atomic E-state index is 0.0728. The van der Waals surface area contributed by atoms with Crippen LogP contribution < -0.4 is 5.32 Å². The lowest BCUT2D eigenvalue weighted by atomic mass is 10.1. The fraction of sp³-hybridized carbons (Fsp3) is 0.667. The van der Waals surface area contributed by atoms with Crippen molar-refractivity contribution in [1.82, 2.24) is 29.9 Å². The van der Waals surface area contributed by atoms with E-state index in [0.717, 1.165) is 0 Å². The predicted octanol–water partition coefficient (Wildman–Crippen LogP) is -1.27. The Kier molecular flexibility index (Phi) is 4.33. The van der Waals surface area contributed by atoms with Crippen molar-refractivity contribution in [2.45, 2.75) is 19.0 Å². The molecule has 0 aliphatic carbocycles. The third-order valence-corrected chi connectivity index (χ3v) is 3.44. The number of hydrogen-bond acceptors (Lipinski definition) is 5. The molecule has 1 fully saturated rings. The number of piperazine rings is 1. The Morgan fingerprint density at radius 3 is 2.80 bits per heavy atom. The summed E-state index contributed by atoms with van der Waals surface area (Å²) in [5.41, 5.74) is 0. The molecule has 2 unspecified atom stereocenters. The van der Waals surface area contributed by atoms with Crippen molar-refractivity contribution in [1.29, 1.82) is 0 Å². The molecule has 1 aromatic rings. The summed E-state index contributed by atoms with van der Waals surface area (Å²) in [6, 6.07) is -0.926. The van der Waals surface area contributed by atoms with Crippen LogP contribution in [-0.2, 0) is 9.59 Å². The Morgan fingerprint density at radius 2 is 2.20 bits per heavy atom. The van der Waals surface area contributed by atoms with E-state index in [-0.39, 0.29) is 11.8 Å². The smallest absolute Gasteiger partial charge is 0.247 e. The molecule has 0 spiro atoms. The van der Waals surface area contributed by atoms with Gasteiger partial charge in [-0.25, -0.2) is 9.67 Å². The second-order valence-electron chi connectivity index (χ2n) is 5.04. The Bertz CT molecular complexity index is 472. The van der Waals surface area contributed by atoms with Crippen molar-refractivity contribution in [3.8, 4) is 0 Å². The predicted molar refractivity (Wildman–Crippen MR) is 71.8 cm³/mol. The molecule has 110 valence electrons. The van der Waals surface area contributed by atoms with Gasteiger partial charge < -0.3 is 15.1 Å². The molecule has 0 radical (unpaired) electrons. The van der Waals surface area contributed by atoms with Gasteiger partial charge in [0.05, 0.1) is 0 Å². The number of nitrogens with one attached hydrogen (secondary N) is 1. The van der Waals surface area contributed by atoms with Gasteiger partial charge in [-0.3, -0.25) is 9.59 Å². The summed E-state index contributed by atoms with van der Waals surface area (Å²) in [6.07, 6.45) is 2.90. The maximum Gasteiger partial charge on any atom is 0.247 e. The highest BCUT2D eigenvalue weighted by Gasteiger charge is 2.35. The zero-order valence-electron chi connectivity index (χ0n) is 12.0. The Hall–Kier alpha value is -1.96. The van der Waals surface area contributed by atoms with Gasteiger partial charge in [0.25, 0.3) is 0 Å². The van der Waals surface area contributed by atoms with E-state index in [4.69, 9.17) is 0 Å². The molecule has 20 heavy (non-hydrogen) atoms. The van der Waals surface area contributed by atoms with Crippen molar-refractivity contribution >= 4 is 11.8 Å². The molecular weight excluding hydrogens is 260 g/mol. The van der Waals surface area contributed by atoms with Crippen molar-refractivity contribution in [2.24, 2.45) is 0 Å². The van der Waals surface area contributed by atoms with Crippen LogP contribution in [0.3, 0.4) is 0 Å². The fourth-order valence-corrected chi connectivity index (χ4v) is 2.26. The standard InChI is InChI=1S/C12H20N6O2/c1-9(18-8-14-7-15-18)11(19)17-5-4-13-6-10(17)12(20)16(2)3/h7-10,13H,4-6H2,1-3H3. The van der Waals surface area contributed by atoms with Gasteiger partial charge in [0.15, 0.2) is 0 Å². The molecule has 0 bridgehead atoms. The fourth-order valence-electron chi connectivity index (χ4n) is 2.26. The summed E-state index contributed by atoms with van der Waals surface area (Å²) in [6.45, 7) is 3.44. The van der Waals surface area contributed by atoms with E-state index in [1.54, 1.807) is 25.9 Å². The number of nitrogens with zero attached hydrogens (tertiary/aromatic N) is 5. The quantitative estimate of drug-likeness (QED) is 0.746. The lowest BCUT2D eigenvalue weighted by Gasteiger charge is -2.37. The van der Waals surface area contributed by atoms with Gasteiger partial charge in [0.2, 0.25) is 11.8 Å². The van der Waals surface area contributed by atoms with E-state index in [1.165, 1.54) is 22.2 Å². The van der Waals surface area contributed by atoms with E-state index in [0.29, 0.717) is 19.6 Å². The molecule has 8 nitrogen and oxygen atoms in total. The van der Waals surface area contributed by atoms with E-state index < -0.39 is 12.1 Å². The monoisotopic (exact) mass is 280 g/mol. The maximum absolute atomic E-state index is 12.6. The van der Waals surface area contributed by atoms with Crippen molar-refractivity contribution in [3.63, 3.8) is 0 Å². The molecule has 8 heteroatoms. The van der Waals surface area contributed by atoms with E-state index >= 15 is 0 Å². The van der Waals surface area contributed by atoms with Crippen LogP contribution in [0.25, 0.3) is 0 Å². The number of aromatic nitrogens is 3. The largest absolute Gasteiger partial charge is 0.347 e. The van der Waals surface area contributed by atoms with Crippen molar-refractivity contribution < 1.29 is 9.59 Å². The van der Waals surface area contributed by atoms with E-state index in [1.807, 2.05) is 0 Å². The summed E-state index contributed by atoms with van der Waals surface area (Å²) in [7, 11) is 3.39. The van der Waals surface area contributed by atoms with Crippen LogP contribution in [0.2, 0.25) is 0 Å². The van der Waals surface area contributed by atoms with Gasteiger partial charge in [-0.2, -0.15) is 5.10 Å². The Balaban J connectivity index is 2.15. The van der Waals surface area contributed by atoms with Crippen LogP contribution in [0.5, 0.6) is 0 Å². The lowest BCUT2D eigenvalue weighted by Crippen LogP contribution is -2.60. The SMILES string of the molecule is CC(C(=O)N1CCNCC1C(=O)N(C)C)n1cncn1. The van der Waals surface area contributed by atoms with Gasteiger partial charge in [-0.15, -0.1) is 0 Å². The molecule has 2 heterocycles. The second-order valence-corrected chi connectivity index (χ2v) is 5.04. The van der Waals surface area contributed by atoms with Crippen LogP contribution in [0, 0.1) is 0 Å². The van der Waals surface area contributed by atoms with E-state index in [2.05, 4.69) is 15.4 Å².